The van der Waals surface area contributed by atoms with Crippen LogP contribution in [0.15, 0.2) is 18.2 Å². The first-order valence-corrected chi connectivity index (χ1v) is 10.1. The number of carbonyl (C=O) groups excluding carboxylic acids is 1. The first kappa shape index (κ1) is 24.0. The fraction of sp³-hybridized carbons (Fsp3) is 0.650. The zero-order valence-corrected chi connectivity index (χ0v) is 18.8. The summed E-state index contributed by atoms with van der Waals surface area (Å²) in [5, 5.41) is 3.59. The molecule has 1 aromatic carbocycles. The van der Waals surface area contributed by atoms with Crippen LogP contribution in [-0.4, -0.2) is 56.5 Å². The van der Waals surface area contributed by atoms with Crippen LogP contribution >= 0.6 is 11.6 Å². The number of nitrogens with one attached hydrogen (secondary N) is 1. The molecule has 0 radical (unpaired) electrons. The van der Waals surface area contributed by atoms with Crippen LogP contribution in [0.5, 0.6) is 5.75 Å². The van der Waals surface area contributed by atoms with Gasteiger partial charge in [0.15, 0.2) is 0 Å². The summed E-state index contributed by atoms with van der Waals surface area (Å²) in [5.74, 6) is -0.0159. The Bertz CT molecular complexity index is 700. The minimum Gasteiger partial charge on any atom is -0.493 e. The first-order chi connectivity index (χ1) is 13.5. The van der Waals surface area contributed by atoms with Crippen LogP contribution in [0.25, 0.3) is 0 Å². The molecule has 1 aromatic rings. The molecule has 3 N–H and O–H groups in total. The Kier molecular flexibility index (Phi) is 7.98. The largest absolute Gasteiger partial charge is 0.493 e. The number of hydrogen-bond acceptors (Lipinski definition) is 6. The molecule has 0 saturated carbocycles. The van der Waals surface area contributed by atoms with E-state index >= 15 is 0 Å². The zero-order valence-electron chi connectivity index (χ0n) is 18.1. The number of hydrogen-bond donors (Lipinski definition) is 2. The maximum atomic E-state index is 12.5. The number of amides is 1. The van der Waals surface area contributed by atoms with E-state index in [1.807, 2.05) is 46.8 Å². The predicted octanol–water partition coefficient (Wildman–Crippen LogP) is 2.51. The van der Waals surface area contributed by atoms with Crippen molar-refractivity contribution in [3.8, 4) is 5.75 Å². The topological polar surface area (TPSA) is 92.0 Å². The molecule has 1 aliphatic heterocycles. The quantitative estimate of drug-likeness (QED) is 0.590. The van der Waals surface area contributed by atoms with E-state index in [9.17, 15) is 4.79 Å². The Morgan fingerprint density at radius 2 is 1.90 bits per heavy atom. The van der Waals surface area contributed by atoms with E-state index in [4.69, 9.17) is 36.1 Å². The molecule has 162 valence electrons. The summed E-state index contributed by atoms with van der Waals surface area (Å²) in [6, 6.07) is 4.67. The van der Waals surface area contributed by atoms with Crippen LogP contribution in [0.1, 0.15) is 39.7 Å². The van der Waals surface area contributed by atoms with Crippen LogP contribution in [0, 0.1) is 6.92 Å². The highest BCUT2D eigenvalue weighted by Crippen LogP contribution is 2.37. The van der Waals surface area contributed by atoms with Gasteiger partial charge in [0.2, 0.25) is 5.91 Å². The van der Waals surface area contributed by atoms with Gasteiger partial charge in [-0.1, -0.05) is 11.6 Å². The smallest absolute Gasteiger partial charge is 0.481 e. The van der Waals surface area contributed by atoms with Crippen molar-refractivity contribution < 1.29 is 23.6 Å². The maximum absolute atomic E-state index is 12.5. The van der Waals surface area contributed by atoms with Crippen molar-refractivity contribution in [2.24, 2.45) is 5.73 Å². The van der Waals surface area contributed by atoms with Crippen LogP contribution in [-0.2, 0) is 18.8 Å². The number of carbonyl (C=O) groups is 1. The molecule has 2 rings (SSSR count). The average Bonchev–Trinajstić information content (AvgIpc) is 2.83. The van der Waals surface area contributed by atoms with E-state index in [-0.39, 0.29) is 12.5 Å². The van der Waals surface area contributed by atoms with Gasteiger partial charge in [0.25, 0.3) is 0 Å². The lowest BCUT2D eigenvalue weighted by Gasteiger charge is -2.32. The number of benzene rings is 1. The van der Waals surface area contributed by atoms with Gasteiger partial charge in [-0.3, -0.25) is 4.79 Å². The lowest BCUT2D eigenvalue weighted by molar-refractivity contribution is -0.123. The zero-order chi connectivity index (χ0) is 21.8. The summed E-state index contributed by atoms with van der Waals surface area (Å²) in [5.41, 5.74) is 5.79. The summed E-state index contributed by atoms with van der Waals surface area (Å²) >= 11 is 6.00. The number of halogens is 1. The second kappa shape index (κ2) is 9.66. The molecule has 9 heteroatoms. The van der Waals surface area contributed by atoms with Crippen molar-refractivity contribution in [3.05, 3.63) is 28.8 Å². The summed E-state index contributed by atoms with van der Waals surface area (Å²) < 4.78 is 23.1. The maximum Gasteiger partial charge on any atom is 0.481 e. The molecule has 29 heavy (non-hydrogen) atoms. The second-order valence-corrected chi connectivity index (χ2v) is 8.79. The molecule has 1 amide bonds. The Morgan fingerprint density at radius 1 is 1.28 bits per heavy atom. The van der Waals surface area contributed by atoms with Crippen molar-refractivity contribution in [2.75, 3.05) is 20.3 Å². The van der Waals surface area contributed by atoms with E-state index < -0.39 is 30.3 Å². The SMILES string of the molecule is COCC(N)C(=O)N[C@H](CCOc1ccc(Cl)cc1C)B1OC(C)(C)C(C)(C)O1. The fourth-order valence-electron chi connectivity index (χ4n) is 2.94. The molecule has 7 nitrogen and oxygen atoms in total. The minimum atomic E-state index is -0.774. The van der Waals surface area contributed by atoms with Gasteiger partial charge in [-0.05, 0) is 58.4 Å². The van der Waals surface area contributed by atoms with E-state index in [2.05, 4.69) is 5.32 Å². The third kappa shape index (κ3) is 6.09. The highest BCUT2D eigenvalue weighted by atomic mass is 35.5. The molecule has 1 unspecified atom stereocenters. The normalized spacial score (nSPS) is 19.7. The Balaban J connectivity index is 2.07. The van der Waals surface area contributed by atoms with Crippen LogP contribution in [0.3, 0.4) is 0 Å². The van der Waals surface area contributed by atoms with Gasteiger partial charge in [-0.2, -0.15) is 0 Å². The minimum absolute atomic E-state index is 0.127. The van der Waals surface area contributed by atoms with Crippen molar-refractivity contribution in [3.63, 3.8) is 0 Å². The van der Waals surface area contributed by atoms with Crippen molar-refractivity contribution in [2.45, 2.75) is 64.2 Å². The number of aryl methyl sites for hydroxylation is 1. The molecule has 1 heterocycles. The lowest BCUT2D eigenvalue weighted by atomic mass is 9.76. The third-order valence-electron chi connectivity index (χ3n) is 5.43. The number of nitrogens with two attached hydrogens (primary N) is 1. The standard InChI is InChI=1S/C20H32BClN2O5/c1-13-11-14(22)7-8-16(13)27-10-9-17(24-18(25)15(23)12-26-6)21-28-19(2,3)20(4,5)29-21/h7-8,11,15,17H,9-10,12,23H2,1-6H3,(H,24,25)/t15?,17-/m1/s1. The highest BCUT2D eigenvalue weighted by molar-refractivity contribution is 6.48. The Hall–Kier alpha value is -1.32. The van der Waals surface area contributed by atoms with Crippen LogP contribution in [0.2, 0.25) is 5.02 Å². The molecule has 2 atom stereocenters. The van der Waals surface area contributed by atoms with Gasteiger partial charge < -0.3 is 29.8 Å². The molecule has 0 aromatic heterocycles. The first-order valence-electron chi connectivity index (χ1n) is 9.76. The third-order valence-corrected chi connectivity index (χ3v) is 5.67. The number of ether oxygens (including phenoxy) is 2. The van der Waals surface area contributed by atoms with E-state index in [0.717, 1.165) is 11.3 Å². The molecule has 1 fully saturated rings. The summed E-state index contributed by atoms with van der Waals surface area (Å²) in [6.45, 7) is 10.3. The van der Waals surface area contributed by atoms with Crippen LogP contribution in [0.4, 0.5) is 0 Å². The van der Waals surface area contributed by atoms with Gasteiger partial charge >= 0.3 is 7.12 Å². The molecular formula is C20H32BClN2O5. The lowest BCUT2D eigenvalue weighted by Crippen LogP contribution is -2.54. The number of rotatable bonds is 9. The molecule has 1 aliphatic rings. The molecular weight excluding hydrogens is 394 g/mol. The van der Waals surface area contributed by atoms with Gasteiger partial charge in [0.1, 0.15) is 11.8 Å². The predicted molar refractivity (Wildman–Crippen MR) is 114 cm³/mol. The molecule has 1 saturated heterocycles. The van der Waals surface area contributed by atoms with Gasteiger partial charge in [-0.15, -0.1) is 0 Å². The summed E-state index contributed by atoms with van der Waals surface area (Å²) in [7, 11) is 0.884. The van der Waals surface area contributed by atoms with E-state index in [1.165, 1.54) is 7.11 Å². The van der Waals surface area contributed by atoms with Crippen molar-refractivity contribution in [1.82, 2.24) is 5.32 Å². The van der Waals surface area contributed by atoms with Gasteiger partial charge in [-0.25, -0.2) is 0 Å². The van der Waals surface area contributed by atoms with Gasteiger partial charge in [0.05, 0.1) is 30.4 Å². The number of methoxy groups -OCH3 is 1. The molecule has 0 spiro atoms. The van der Waals surface area contributed by atoms with Crippen molar-refractivity contribution in [1.29, 1.82) is 0 Å². The summed E-state index contributed by atoms with van der Waals surface area (Å²) in [4.78, 5) is 12.5. The molecule has 0 aliphatic carbocycles. The van der Waals surface area contributed by atoms with E-state index in [1.54, 1.807) is 6.07 Å². The van der Waals surface area contributed by atoms with Gasteiger partial charge in [0, 0.05) is 18.6 Å². The summed E-state index contributed by atoms with van der Waals surface area (Å²) in [6.07, 6.45) is 0.477. The Morgan fingerprint density at radius 3 is 2.45 bits per heavy atom. The van der Waals surface area contributed by atoms with Crippen LogP contribution < -0.4 is 15.8 Å². The van der Waals surface area contributed by atoms with Crippen molar-refractivity contribution >= 4 is 24.6 Å². The Labute approximate surface area is 178 Å². The fourth-order valence-corrected chi connectivity index (χ4v) is 3.17. The van der Waals surface area contributed by atoms with E-state index in [0.29, 0.717) is 18.1 Å². The highest BCUT2D eigenvalue weighted by Gasteiger charge is 2.54. The molecule has 0 bridgehead atoms. The monoisotopic (exact) mass is 426 g/mol. The second-order valence-electron chi connectivity index (χ2n) is 8.35. The average molecular weight is 427 g/mol.